The van der Waals surface area contributed by atoms with Gasteiger partial charge in [0, 0.05) is 21.9 Å². The van der Waals surface area contributed by atoms with Crippen molar-refractivity contribution < 1.29 is 4.79 Å². The summed E-state index contributed by atoms with van der Waals surface area (Å²) < 4.78 is 0. The third-order valence-electron chi connectivity index (χ3n) is 3.79. The van der Waals surface area contributed by atoms with Gasteiger partial charge in [-0.2, -0.15) is 0 Å². The fourth-order valence-corrected chi connectivity index (χ4v) is 3.90. The van der Waals surface area contributed by atoms with Crippen LogP contribution in [0.25, 0.3) is 0 Å². The molecule has 0 unspecified atom stereocenters. The van der Waals surface area contributed by atoms with Gasteiger partial charge in [-0.3, -0.25) is 4.79 Å². The number of carbonyl (C=O) groups is 1. The summed E-state index contributed by atoms with van der Waals surface area (Å²) in [6.07, 6.45) is 4.24. The summed E-state index contributed by atoms with van der Waals surface area (Å²) in [4.78, 5) is 18.0. The minimum Gasteiger partial charge on any atom is -0.321 e. The second kappa shape index (κ2) is 7.26. The van der Waals surface area contributed by atoms with E-state index in [9.17, 15) is 4.79 Å². The van der Waals surface area contributed by atoms with Crippen LogP contribution in [-0.4, -0.2) is 30.2 Å². The number of hydrogen-bond donors (Lipinski definition) is 2. The van der Waals surface area contributed by atoms with Crippen LogP contribution < -0.4 is 10.6 Å². The molecule has 0 bridgehead atoms. The van der Waals surface area contributed by atoms with Gasteiger partial charge in [-0.25, -0.2) is 4.98 Å². The van der Waals surface area contributed by atoms with E-state index in [0.717, 1.165) is 36.6 Å². The normalized spacial score (nSPS) is 15.7. The fraction of sp³-hybridized carbons (Fsp3) is 0.375. The highest BCUT2D eigenvalue weighted by Gasteiger charge is 2.20. The van der Waals surface area contributed by atoms with Gasteiger partial charge in [-0.05, 0) is 56.5 Å². The maximum atomic E-state index is 12.3. The molecule has 0 atom stereocenters. The summed E-state index contributed by atoms with van der Waals surface area (Å²) in [5, 5.41) is 9.21. The van der Waals surface area contributed by atoms with Gasteiger partial charge in [0.25, 0.3) is 5.91 Å². The fourth-order valence-electron chi connectivity index (χ4n) is 2.52. The predicted octanol–water partition coefficient (Wildman–Crippen LogP) is 3.58. The Hall–Kier alpha value is -1.37. The summed E-state index contributed by atoms with van der Waals surface area (Å²) in [6, 6.07) is 7.84. The Balaban J connectivity index is 1.65. The molecule has 2 heterocycles. The molecule has 1 fully saturated rings. The predicted molar refractivity (Wildman–Crippen MR) is 93.1 cm³/mol. The van der Waals surface area contributed by atoms with Crippen LogP contribution in [0.15, 0.2) is 34.5 Å². The average molecular weight is 333 g/mol. The van der Waals surface area contributed by atoms with Crippen molar-refractivity contribution in [2.45, 2.75) is 23.7 Å². The van der Waals surface area contributed by atoms with E-state index >= 15 is 0 Å². The average Bonchev–Trinajstić information content (AvgIpc) is 3.06. The molecule has 1 saturated heterocycles. The van der Waals surface area contributed by atoms with Crippen molar-refractivity contribution in [2.75, 3.05) is 24.7 Å². The molecule has 1 aromatic carbocycles. The highest BCUT2D eigenvalue weighted by atomic mass is 32.2. The maximum absolute atomic E-state index is 12.3. The minimum absolute atomic E-state index is 0.131. The Labute approximate surface area is 138 Å². The Kier molecular flexibility index (Phi) is 5.12. The molecule has 0 saturated carbocycles. The molecule has 116 valence electrons. The lowest BCUT2D eigenvalue weighted by molar-refractivity contribution is 0.102. The molecule has 3 rings (SSSR count). The van der Waals surface area contributed by atoms with Gasteiger partial charge in [0.15, 0.2) is 0 Å². The first-order chi connectivity index (χ1) is 10.8. The maximum Gasteiger partial charge on any atom is 0.275 e. The number of carbonyl (C=O) groups excluding carboxylic acids is 1. The molecule has 0 radical (unpaired) electrons. The van der Waals surface area contributed by atoms with E-state index in [0.29, 0.717) is 11.6 Å². The molecular formula is C16H19N3OS2. The van der Waals surface area contributed by atoms with E-state index in [2.05, 4.69) is 15.6 Å². The van der Waals surface area contributed by atoms with E-state index in [1.165, 1.54) is 4.90 Å². The zero-order chi connectivity index (χ0) is 15.4. The number of piperidine rings is 1. The third-order valence-corrected chi connectivity index (χ3v) is 5.54. The van der Waals surface area contributed by atoms with E-state index in [1.54, 1.807) is 23.1 Å². The summed E-state index contributed by atoms with van der Waals surface area (Å²) in [6.45, 7) is 2.07. The van der Waals surface area contributed by atoms with Gasteiger partial charge in [0.05, 0.1) is 5.01 Å². The van der Waals surface area contributed by atoms with E-state index in [-0.39, 0.29) is 5.91 Å². The number of thiazole rings is 1. The number of amides is 1. The Morgan fingerprint density at radius 1 is 1.32 bits per heavy atom. The summed E-state index contributed by atoms with van der Waals surface area (Å²) in [5.41, 5.74) is 1.33. The van der Waals surface area contributed by atoms with Crippen LogP contribution in [0.3, 0.4) is 0 Å². The van der Waals surface area contributed by atoms with Crippen molar-refractivity contribution in [2.24, 2.45) is 0 Å². The van der Waals surface area contributed by atoms with Crippen molar-refractivity contribution in [1.82, 2.24) is 10.3 Å². The first-order valence-corrected chi connectivity index (χ1v) is 9.48. The van der Waals surface area contributed by atoms with Crippen LogP contribution in [0.1, 0.15) is 34.3 Å². The molecular weight excluding hydrogens is 314 g/mol. The van der Waals surface area contributed by atoms with Gasteiger partial charge >= 0.3 is 0 Å². The smallest absolute Gasteiger partial charge is 0.275 e. The lowest BCUT2D eigenvalue weighted by Gasteiger charge is -2.20. The second-order valence-electron chi connectivity index (χ2n) is 5.28. The molecule has 22 heavy (non-hydrogen) atoms. The van der Waals surface area contributed by atoms with Crippen molar-refractivity contribution in [1.29, 1.82) is 0 Å². The minimum atomic E-state index is -0.131. The molecule has 4 nitrogen and oxygen atoms in total. The molecule has 1 aliphatic rings. The van der Waals surface area contributed by atoms with Crippen LogP contribution in [0.4, 0.5) is 5.69 Å². The highest BCUT2D eigenvalue weighted by molar-refractivity contribution is 7.98. The topological polar surface area (TPSA) is 54.0 Å². The van der Waals surface area contributed by atoms with Crippen LogP contribution in [0.5, 0.6) is 0 Å². The Bertz CT molecular complexity index is 633. The SMILES string of the molecule is CSc1ccc(NC(=O)c2csc(C3CCNCC3)n2)cc1. The third kappa shape index (κ3) is 3.69. The van der Waals surface area contributed by atoms with E-state index < -0.39 is 0 Å². The standard InChI is InChI=1S/C16H19N3OS2/c1-21-13-4-2-12(3-5-13)18-15(20)14-10-22-16(19-14)11-6-8-17-9-7-11/h2-5,10-11,17H,6-9H2,1H3,(H,18,20). The van der Waals surface area contributed by atoms with Gasteiger partial charge in [0.2, 0.25) is 0 Å². The number of thioether (sulfide) groups is 1. The van der Waals surface area contributed by atoms with Gasteiger partial charge in [-0.15, -0.1) is 23.1 Å². The second-order valence-corrected chi connectivity index (χ2v) is 7.05. The first kappa shape index (κ1) is 15.5. The van der Waals surface area contributed by atoms with Crippen LogP contribution in [0.2, 0.25) is 0 Å². The summed E-state index contributed by atoms with van der Waals surface area (Å²) >= 11 is 3.28. The zero-order valence-corrected chi connectivity index (χ0v) is 14.1. The molecule has 1 aromatic heterocycles. The quantitative estimate of drug-likeness (QED) is 0.840. The first-order valence-electron chi connectivity index (χ1n) is 7.38. The van der Waals surface area contributed by atoms with Crippen molar-refractivity contribution >= 4 is 34.7 Å². The molecule has 6 heteroatoms. The Morgan fingerprint density at radius 2 is 2.05 bits per heavy atom. The van der Waals surface area contributed by atoms with E-state index in [4.69, 9.17) is 0 Å². The molecule has 0 spiro atoms. The number of rotatable bonds is 4. The van der Waals surface area contributed by atoms with E-state index in [1.807, 2.05) is 35.9 Å². The molecule has 2 N–H and O–H groups in total. The molecule has 0 aliphatic carbocycles. The number of nitrogens with one attached hydrogen (secondary N) is 2. The number of hydrogen-bond acceptors (Lipinski definition) is 5. The molecule has 1 aliphatic heterocycles. The molecule has 1 amide bonds. The van der Waals surface area contributed by atoms with Crippen LogP contribution in [-0.2, 0) is 0 Å². The zero-order valence-electron chi connectivity index (χ0n) is 12.5. The lowest BCUT2D eigenvalue weighted by Crippen LogP contribution is -2.26. The van der Waals surface area contributed by atoms with Gasteiger partial charge in [0.1, 0.15) is 5.69 Å². The van der Waals surface area contributed by atoms with Crippen LogP contribution >= 0.6 is 23.1 Å². The number of benzene rings is 1. The number of nitrogens with zero attached hydrogens (tertiary/aromatic N) is 1. The lowest BCUT2D eigenvalue weighted by atomic mass is 9.99. The summed E-state index contributed by atoms with van der Waals surface area (Å²) in [5.74, 6) is 0.363. The number of aromatic nitrogens is 1. The number of anilines is 1. The summed E-state index contributed by atoms with van der Waals surface area (Å²) in [7, 11) is 0. The van der Waals surface area contributed by atoms with Crippen LogP contribution in [0, 0.1) is 0 Å². The highest BCUT2D eigenvalue weighted by Crippen LogP contribution is 2.28. The van der Waals surface area contributed by atoms with Gasteiger partial charge in [-0.1, -0.05) is 0 Å². The molecule has 2 aromatic rings. The van der Waals surface area contributed by atoms with Crippen molar-refractivity contribution in [3.05, 3.63) is 40.3 Å². The largest absolute Gasteiger partial charge is 0.321 e. The monoisotopic (exact) mass is 333 g/mol. The van der Waals surface area contributed by atoms with Gasteiger partial charge < -0.3 is 10.6 Å². The van der Waals surface area contributed by atoms with Crippen molar-refractivity contribution in [3.63, 3.8) is 0 Å². The Morgan fingerprint density at radius 3 is 2.73 bits per heavy atom. The van der Waals surface area contributed by atoms with Crippen molar-refractivity contribution in [3.8, 4) is 0 Å².